The first-order chi connectivity index (χ1) is 15.1. The minimum Gasteiger partial charge on any atom is -0.493 e. The number of ether oxygens (including phenoxy) is 2. The first-order valence-electron chi connectivity index (χ1n) is 11.4. The number of carbonyl (C=O) groups excluding carboxylic acids is 1. The Morgan fingerprint density at radius 3 is 1.87 bits per heavy atom. The Bertz CT molecular complexity index is 867. The molecule has 1 amide bonds. The summed E-state index contributed by atoms with van der Waals surface area (Å²) in [5.74, 6) is 1.35. The van der Waals surface area contributed by atoms with Crippen LogP contribution in [0.5, 0.6) is 11.5 Å². The van der Waals surface area contributed by atoms with Gasteiger partial charge in [-0.15, -0.1) is 0 Å². The average Bonchev–Trinajstić information content (AvgIpc) is 3.53. The van der Waals surface area contributed by atoms with E-state index in [1.54, 1.807) is 26.4 Å². The summed E-state index contributed by atoms with van der Waals surface area (Å²) in [5, 5.41) is 10.9. The maximum absolute atomic E-state index is 13.5. The molecule has 0 aromatic heterocycles. The van der Waals surface area contributed by atoms with Gasteiger partial charge in [-0.05, 0) is 61.1 Å². The van der Waals surface area contributed by atoms with Crippen molar-refractivity contribution in [1.82, 2.24) is 4.90 Å². The van der Waals surface area contributed by atoms with Gasteiger partial charge in [-0.2, -0.15) is 0 Å². The summed E-state index contributed by atoms with van der Waals surface area (Å²) < 4.78 is 10.6. The molecule has 5 heteroatoms. The lowest BCUT2D eigenvalue weighted by atomic mass is 9.99. The largest absolute Gasteiger partial charge is 0.493 e. The number of hydrogen-bond acceptors (Lipinski definition) is 4. The first kappa shape index (κ1) is 21.7. The fourth-order valence-corrected chi connectivity index (χ4v) is 5.17. The highest BCUT2D eigenvalue weighted by atomic mass is 16.5. The molecular formula is C26H33NO4. The molecule has 0 saturated heterocycles. The number of carbonyl (C=O) groups is 1. The highest BCUT2D eigenvalue weighted by Gasteiger charge is 2.34. The van der Waals surface area contributed by atoms with Crippen molar-refractivity contribution in [2.24, 2.45) is 0 Å². The van der Waals surface area contributed by atoms with Crippen LogP contribution >= 0.6 is 0 Å². The van der Waals surface area contributed by atoms with Crippen molar-refractivity contribution in [2.45, 2.75) is 69.6 Å². The van der Waals surface area contributed by atoms with Crippen LogP contribution in [0.1, 0.15) is 79.0 Å². The lowest BCUT2D eigenvalue weighted by Crippen LogP contribution is -2.45. The summed E-state index contributed by atoms with van der Waals surface area (Å²) >= 11 is 0. The molecule has 2 aromatic carbocycles. The number of hydrogen-bond donors (Lipinski definition) is 1. The van der Waals surface area contributed by atoms with E-state index in [9.17, 15) is 9.90 Å². The van der Waals surface area contributed by atoms with Crippen molar-refractivity contribution in [2.75, 3.05) is 14.2 Å². The number of aliphatic hydroxyl groups is 1. The van der Waals surface area contributed by atoms with Crippen LogP contribution in [0.3, 0.4) is 0 Å². The molecule has 0 bridgehead atoms. The highest BCUT2D eigenvalue weighted by molar-refractivity contribution is 5.94. The fraction of sp³-hybridized carbons (Fsp3) is 0.500. The van der Waals surface area contributed by atoms with E-state index in [-0.39, 0.29) is 5.91 Å². The number of methoxy groups -OCH3 is 2. The summed E-state index contributed by atoms with van der Waals surface area (Å²) in [5.41, 5.74) is 2.18. The van der Waals surface area contributed by atoms with Crippen LogP contribution in [0.2, 0.25) is 0 Å². The molecule has 1 unspecified atom stereocenters. The predicted molar refractivity (Wildman–Crippen MR) is 121 cm³/mol. The van der Waals surface area contributed by atoms with E-state index in [2.05, 4.69) is 4.90 Å². The number of aliphatic hydroxyl groups excluding tert-OH is 1. The summed E-state index contributed by atoms with van der Waals surface area (Å²) in [6.07, 6.45) is 8.57. The van der Waals surface area contributed by atoms with E-state index in [1.165, 1.54) is 25.7 Å². The Labute approximate surface area is 185 Å². The number of amides is 1. The molecule has 0 heterocycles. The van der Waals surface area contributed by atoms with Crippen molar-refractivity contribution in [3.05, 3.63) is 59.2 Å². The number of nitrogens with zero attached hydrogens (tertiary/aromatic N) is 1. The monoisotopic (exact) mass is 423 g/mol. The SMILES string of the molecule is COc1ccc(C(O)c2ccc(C(=O)N(C3CCCC3)C3CCCC3)cc2)cc1OC. The summed E-state index contributed by atoms with van der Waals surface area (Å²) in [4.78, 5) is 15.7. The summed E-state index contributed by atoms with van der Waals surface area (Å²) in [7, 11) is 3.17. The molecule has 0 spiro atoms. The third kappa shape index (κ3) is 4.57. The maximum atomic E-state index is 13.5. The van der Waals surface area contributed by atoms with E-state index in [0.29, 0.717) is 29.1 Å². The predicted octanol–water partition coefficient (Wildman–Crippen LogP) is 5.11. The zero-order valence-electron chi connectivity index (χ0n) is 18.5. The van der Waals surface area contributed by atoms with E-state index >= 15 is 0 Å². The zero-order valence-corrected chi connectivity index (χ0v) is 18.5. The van der Waals surface area contributed by atoms with Crippen LogP contribution in [0, 0.1) is 0 Å². The van der Waals surface area contributed by atoms with Gasteiger partial charge in [0.25, 0.3) is 5.91 Å². The summed E-state index contributed by atoms with van der Waals surface area (Å²) in [6, 6.07) is 13.6. The highest BCUT2D eigenvalue weighted by Crippen LogP contribution is 2.34. The number of rotatable bonds is 7. The minimum absolute atomic E-state index is 0.144. The van der Waals surface area contributed by atoms with Gasteiger partial charge in [-0.1, -0.05) is 43.9 Å². The molecule has 2 aromatic rings. The van der Waals surface area contributed by atoms with Gasteiger partial charge in [-0.3, -0.25) is 4.79 Å². The van der Waals surface area contributed by atoms with Gasteiger partial charge >= 0.3 is 0 Å². The van der Waals surface area contributed by atoms with E-state index in [1.807, 2.05) is 30.3 Å². The molecular weight excluding hydrogens is 390 g/mol. The average molecular weight is 424 g/mol. The second-order valence-corrected chi connectivity index (χ2v) is 8.73. The fourth-order valence-electron chi connectivity index (χ4n) is 5.17. The van der Waals surface area contributed by atoms with Crippen LogP contribution in [0.25, 0.3) is 0 Å². The van der Waals surface area contributed by atoms with E-state index in [4.69, 9.17) is 9.47 Å². The van der Waals surface area contributed by atoms with Crippen molar-refractivity contribution in [3.8, 4) is 11.5 Å². The van der Waals surface area contributed by atoms with Gasteiger partial charge in [0.05, 0.1) is 14.2 Å². The molecule has 2 saturated carbocycles. The van der Waals surface area contributed by atoms with Gasteiger partial charge < -0.3 is 19.5 Å². The lowest BCUT2D eigenvalue weighted by Gasteiger charge is -2.35. The molecule has 1 N–H and O–H groups in total. The molecule has 2 aliphatic rings. The van der Waals surface area contributed by atoms with Gasteiger partial charge in [-0.25, -0.2) is 0 Å². The van der Waals surface area contributed by atoms with Gasteiger partial charge in [0.15, 0.2) is 11.5 Å². The van der Waals surface area contributed by atoms with Crippen molar-refractivity contribution in [1.29, 1.82) is 0 Å². The molecule has 1 atom stereocenters. The van der Waals surface area contributed by atoms with Crippen LogP contribution in [0.4, 0.5) is 0 Å². The molecule has 0 aliphatic heterocycles. The standard InChI is InChI=1S/C26H33NO4/c1-30-23-16-15-20(17-24(23)31-2)25(28)18-11-13-19(14-12-18)26(29)27(21-7-3-4-8-21)22-9-5-6-10-22/h11-17,21-22,25,28H,3-10H2,1-2H3. The van der Waals surface area contributed by atoms with Gasteiger partial charge in [0, 0.05) is 17.6 Å². The molecule has 5 nitrogen and oxygen atoms in total. The van der Waals surface area contributed by atoms with Crippen LogP contribution in [0.15, 0.2) is 42.5 Å². The van der Waals surface area contributed by atoms with Crippen molar-refractivity contribution in [3.63, 3.8) is 0 Å². The van der Waals surface area contributed by atoms with Crippen molar-refractivity contribution < 1.29 is 19.4 Å². The third-order valence-corrected chi connectivity index (χ3v) is 6.87. The third-order valence-electron chi connectivity index (χ3n) is 6.87. The van der Waals surface area contributed by atoms with Gasteiger partial charge in [0.1, 0.15) is 6.10 Å². The molecule has 166 valence electrons. The summed E-state index contributed by atoms with van der Waals surface area (Å²) in [6.45, 7) is 0. The molecule has 2 fully saturated rings. The Kier molecular flexibility index (Phi) is 6.81. The Hall–Kier alpha value is -2.53. The van der Waals surface area contributed by atoms with Crippen LogP contribution in [-0.2, 0) is 0 Å². The number of benzene rings is 2. The van der Waals surface area contributed by atoms with E-state index < -0.39 is 6.10 Å². The topological polar surface area (TPSA) is 59.0 Å². The van der Waals surface area contributed by atoms with Crippen LogP contribution in [-0.4, -0.2) is 42.2 Å². The molecule has 2 aliphatic carbocycles. The first-order valence-corrected chi connectivity index (χ1v) is 11.4. The molecule has 31 heavy (non-hydrogen) atoms. The second kappa shape index (κ2) is 9.73. The normalized spacial score (nSPS) is 18.2. The second-order valence-electron chi connectivity index (χ2n) is 8.73. The Morgan fingerprint density at radius 1 is 0.839 bits per heavy atom. The molecule has 4 rings (SSSR count). The van der Waals surface area contributed by atoms with Crippen LogP contribution < -0.4 is 9.47 Å². The smallest absolute Gasteiger partial charge is 0.254 e. The zero-order chi connectivity index (χ0) is 21.8. The van der Waals surface area contributed by atoms with Gasteiger partial charge in [0.2, 0.25) is 0 Å². The Balaban J connectivity index is 1.53. The quantitative estimate of drug-likeness (QED) is 0.672. The van der Waals surface area contributed by atoms with Crippen molar-refractivity contribution >= 4 is 5.91 Å². The Morgan fingerprint density at radius 2 is 1.35 bits per heavy atom. The van der Waals surface area contributed by atoms with E-state index in [0.717, 1.165) is 36.8 Å². The molecule has 0 radical (unpaired) electrons. The minimum atomic E-state index is -0.801. The maximum Gasteiger partial charge on any atom is 0.254 e. The lowest BCUT2D eigenvalue weighted by molar-refractivity contribution is 0.0580.